The fourth-order valence-corrected chi connectivity index (χ4v) is 3.43. The minimum atomic E-state index is -3.22. The highest BCUT2D eigenvalue weighted by molar-refractivity contribution is 7.89. The van der Waals surface area contributed by atoms with Crippen LogP contribution in [-0.2, 0) is 14.8 Å². The van der Waals surface area contributed by atoms with Crippen LogP contribution in [0.2, 0.25) is 0 Å². The first-order chi connectivity index (χ1) is 7.49. The number of likely N-dealkylation sites (N-methyl/N-ethyl adjacent to an activating group) is 1. The van der Waals surface area contributed by atoms with E-state index in [4.69, 9.17) is 9.84 Å². The summed E-state index contributed by atoms with van der Waals surface area (Å²) in [5.74, 6) is 0.0927. The topological polar surface area (TPSA) is 66.8 Å². The highest BCUT2D eigenvalue weighted by atomic mass is 32.2. The molecule has 1 unspecified atom stereocenters. The lowest BCUT2D eigenvalue weighted by Crippen LogP contribution is -2.42. The summed E-state index contributed by atoms with van der Waals surface area (Å²) in [5.41, 5.74) is 0. The van der Waals surface area contributed by atoms with Crippen LogP contribution in [0, 0.1) is 0 Å². The van der Waals surface area contributed by atoms with Crippen LogP contribution in [0.1, 0.15) is 26.7 Å². The van der Waals surface area contributed by atoms with Crippen LogP contribution in [0.3, 0.4) is 0 Å². The van der Waals surface area contributed by atoms with E-state index >= 15 is 0 Å². The Morgan fingerprint density at radius 1 is 1.38 bits per heavy atom. The largest absolute Gasteiger partial charge is 0.396 e. The molecule has 0 aromatic rings. The minimum absolute atomic E-state index is 0.0370. The summed E-state index contributed by atoms with van der Waals surface area (Å²) in [6, 6.07) is -0.144. The van der Waals surface area contributed by atoms with Crippen molar-refractivity contribution >= 4 is 10.0 Å². The molecule has 1 N–H and O–H groups in total. The van der Waals surface area contributed by atoms with Crippen LogP contribution >= 0.6 is 0 Å². The predicted octanol–water partition coefficient (Wildman–Crippen LogP) is 0.446. The predicted molar refractivity (Wildman–Crippen MR) is 63.8 cm³/mol. The first-order valence-electron chi connectivity index (χ1n) is 5.58. The third-order valence-corrected chi connectivity index (χ3v) is 4.52. The molecule has 0 amide bonds. The van der Waals surface area contributed by atoms with Crippen molar-refractivity contribution in [2.24, 2.45) is 0 Å². The van der Waals surface area contributed by atoms with E-state index in [1.807, 2.05) is 13.8 Å². The van der Waals surface area contributed by atoms with Crippen LogP contribution in [0.15, 0.2) is 0 Å². The number of rotatable bonds is 9. The Bertz CT molecular complexity index is 266. The van der Waals surface area contributed by atoms with E-state index in [9.17, 15) is 8.42 Å². The third-order valence-electron chi connectivity index (χ3n) is 2.38. The van der Waals surface area contributed by atoms with Gasteiger partial charge in [-0.3, -0.25) is 0 Å². The van der Waals surface area contributed by atoms with Crippen molar-refractivity contribution in [2.75, 3.05) is 32.6 Å². The van der Waals surface area contributed by atoms with Gasteiger partial charge in [0.05, 0.1) is 12.4 Å². The fraction of sp³-hybridized carbons (Fsp3) is 1.00. The molecule has 0 aromatic heterocycles. The van der Waals surface area contributed by atoms with Crippen molar-refractivity contribution in [2.45, 2.75) is 32.7 Å². The molecule has 0 saturated heterocycles. The Hall–Kier alpha value is -0.170. The molecule has 0 heterocycles. The Morgan fingerprint density at radius 2 is 2.00 bits per heavy atom. The minimum Gasteiger partial charge on any atom is -0.396 e. The van der Waals surface area contributed by atoms with Gasteiger partial charge in [0.1, 0.15) is 0 Å². The lowest BCUT2D eigenvalue weighted by atomic mass is 10.3. The summed E-state index contributed by atoms with van der Waals surface area (Å²) >= 11 is 0. The summed E-state index contributed by atoms with van der Waals surface area (Å²) in [4.78, 5) is 0. The normalized spacial score (nSPS) is 14.3. The van der Waals surface area contributed by atoms with Gasteiger partial charge in [-0.1, -0.05) is 6.92 Å². The molecule has 0 fully saturated rings. The van der Waals surface area contributed by atoms with Crippen molar-refractivity contribution in [1.29, 1.82) is 0 Å². The zero-order valence-corrected chi connectivity index (χ0v) is 11.2. The van der Waals surface area contributed by atoms with Crippen LogP contribution in [-0.4, -0.2) is 56.5 Å². The number of ether oxygens (including phenoxy) is 1. The van der Waals surface area contributed by atoms with E-state index in [0.29, 0.717) is 26.0 Å². The molecular weight excluding hydrogens is 230 g/mol. The van der Waals surface area contributed by atoms with E-state index in [1.165, 1.54) is 4.31 Å². The SMILES string of the molecule is CCN(C(C)COC)S(=O)(=O)CCCCO. The second-order valence-electron chi connectivity index (χ2n) is 3.75. The van der Waals surface area contributed by atoms with Gasteiger partial charge in [0, 0.05) is 26.3 Å². The maximum absolute atomic E-state index is 11.9. The molecule has 0 aliphatic carbocycles. The standard InChI is InChI=1S/C10H23NO4S/c1-4-11(10(2)9-15-3)16(13,14)8-6-5-7-12/h10,12H,4-9H2,1-3H3. The molecule has 98 valence electrons. The van der Waals surface area contributed by atoms with Gasteiger partial charge in [-0.05, 0) is 19.8 Å². The van der Waals surface area contributed by atoms with Gasteiger partial charge >= 0.3 is 0 Å². The number of methoxy groups -OCH3 is 1. The molecule has 0 aliphatic rings. The van der Waals surface area contributed by atoms with Crippen molar-refractivity contribution in [3.63, 3.8) is 0 Å². The molecule has 0 spiro atoms. The molecule has 0 aromatic carbocycles. The maximum atomic E-state index is 11.9. The van der Waals surface area contributed by atoms with Crippen LogP contribution < -0.4 is 0 Å². The maximum Gasteiger partial charge on any atom is 0.214 e. The van der Waals surface area contributed by atoms with E-state index in [1.54, 1.807) is 7.11 Å². The Kier molecular flexibility index (Phi) is 7.91. The van der Waals surface area contributed by atoms with Crippen LogP contribution in [0.5, 0.6) is 0 Å². The lowest BCUT2D eigenvalue weighted by molar-refractivity contribution is 0.142. The number of hydrogen-bond acceptors (Lipinski definition) is 4. The molecule has 16 heavy (non-hydrogen) atoms. The molecule has 5 nitrogen and oxygen atoms in total. The summed E-state index contributed by atoms with van der Waals surface area (Å²) in [7, 11) is -1.67. The van der Waals surface area contributed by atoms with Gasteiger partial charge in [-0.15, -0.1) is 0 Å². The molecule has 0 rings (SSSR count). The van der Waals surface area contributed by atoms with E-state index < -0.39 is 10.0 Å². The van der Waals surface area contributed by atoms with Gasteiger partial charge in [-0.2, -0.15) is 4.31 Å². The summed E-state index contributed by atoms with van der Waals surface area (Å²) < 4.78 is 30.3. The summed E-state index contributed by atoms with van der Waals surface area (Å²) in [5, 5.41) is 8.62. The number of hydrogen-bond donors (Lipinski definition) is 1. The van der Waals surface area contributed by atoms with Gasteiger partial charge in [0.25, 0.3) is 0 Å². The van der Waals surface area contributed by atoms with E-state index in [-0.39, 0.29) is 18.4 Å². The smallest absolute Gasteiger partial charge is 0.214 e. The second kappa shape index (κ2) is 8.00. The number of sulfonamides is 1. The van der Waals surface area contributed by atoms with Gasteiger partial charge in [0.15, 0.2) is 0 Å². The number of aliphatic hydroxyl groups excluding tert-OH is 1. The Labute approximate surface area is 98.5 Å². The number of aliphatic hydroxyl groups is 1. The third kappa shape index (κ3) is 5.25. The van der Waals surface area contributed by atoms with Crippen molar-refractivity contribution in [3.05, 3.63) is 0 Å². The molecule has 1 atom stereocenters. The highest BCUT2D eigenvalue weighted by Crippen LogP contribution is 2.09. The van der Waals surface area contributed by atoms with Crippen molar-refractivity contribution in [3.8, 4) is 0 Å². The molecular formula is C10H23NO4S. The van der Waals surface area contributed by atoms with Crippen molar-refractivity contribution < 1.29 is 18.3 Å². The van der Waals surface area contributed by atoms with Gasteiger partial charge < -0.3 is 9.84 Å². The molecule has 0 bridgehead atoms. The van der Waals surface area contributed by atoms with E-state index in [0.717, 1.165) is 0 Å². The quantitative estimate of drug-likeness (QED) is 0.606. The Morgan fingerprint density at radius 3 is 2.44 bits per heavy atom. The fourth-order valence-electron chi connectivity index (χ4n) is 1.62. The summed E-state index contributed by atoms with van der Waals surface area (Å²) in [6.07, 6.45) is 1.02. The van der Waals surface area contributed by atoms with Crippen LogP contribution in [0.25, 0.3) is 0 Å². The first kappa shape index (κ1) is 15.8. The number of nitrogens with zero attached hydrogens (tertiary/aromatic N) is 1. The van der Waals surface area contributed by atoms with Crippen molar-refractivity contribution in [1.82, 2.24) is 4.31 Å². The number of unbranched alkanes of at least 4 members (excludes halogenated alkanes) is 1. The zero-order valence-electron chi connectivity index (χ0n) is 10.3. The monoisotopic (exact) mass is 253 g/mol. The average molecular weight is 253 g/mol. The molecule has 0 saturated carbocycles. The van der Waals surface area contributed by atoms with E-state index in [2.05, 4.69) is 0 Å². The molecule has 0 aliphatic heterocycles. The highest BCUT2D eigenvalue weighted by Gasteiger charge is 2.24. The Balaban J connectivity index is 4.42. The molecule has 0 radical (unpaired) electrons. The van der Waals surface area contributed by atoms with Gasteiger partial charge in [-0.25, -0.2) is 8.42 Å². The first-order valence-corrected chi connectivity index (χ1v) is 7.19. The van der Waals surface area contributed by atoms with Gasteiger partial charge in [0.2, 0.25) is 10.0 Å². The average Bonchev–Trinajstić information content (AvgIpc) is 2.18. The van der Waals surface area contributed by atoms with Crippen LogP contribution in [0.4, 0.5) is 0 Å². The lowest BCUT2D eigenvalue weighted by Gasteiger charge is -2.26. The zero-order chi connectivity index (χ0) is 12.6. The summed E-state index contributed by atoms with van der Waals surface area (Å²) in [6.45, 7) is 4.53. The molecule has 6 heteroatoms. The second-order valence-corrected chi connectivity index (χ2v) is 5.80.